The number of amides is 1. The lowest BCUT2D eigenvalue weighted by atomic mass is 10.0. The predicted molar refractivity (Wildman–Crippen MR) is 83.2 cm³/mol. The van der Waals surface area contributed by atoms with Crippen molar-refractivity contribution in [2.75, 3.05) is 18.4 Å². The zero-order valence-corrected chi connectivity index (χ0v) is 12.6. The number of hydrogen-bond donors (Lipinski definition) is 2. The quantitative estimate of drug-likeness (QED) is 0.611. The summed E-state index contributed by atoms with van der Waals surface area (Å²) in [6.07, 6.45) is 2.16. The van der Waals surface area contributed by atoms with E-state index in [0.717, 1.165) is 12.8 Å². The summed E-state index contributed by atoms with van der Waals surface area (Å²) in [5.41, 5.74) is 0.292. The van der Waals surface area contributed by atoms with E-state index >= 15 is 0 Å². The van der Waals surface area contributed by atoms with Gasteiger partial charge in [0, 0.05) is 25.6 Å². The maximum Gasteiger partial charge on any atom is 0.326 e. The number of aliphatic carboxylic acids is 1. The number of hydrogen-bond acceptors (Lipinski definition) is 5. The van der Waals surface area contributed by atoms with Crippen LogP contribution in [0.25, 0.3) is 0 Å². The fraction of sp³-hybridized carbons (Fsp3) is 0.467. The van der Waals surface area contributed by atoms with Crippen molar-refractivity contribution in [3.05, 3.63) is 34.4 Å². The third-order valence-electron chi connectivity index (χ3n) is 3.86. The molecule has 1 heterocycles. The van der Waals surface area contributed by atoms with E-state index < -0.39 is 16.9 Å². The Kier molecular flexibility index (Phi) is 5.51. The Hall–Kier alpha value is -2.64. The summed E-state index contributed by atoms with van der Waals surface area (Å²) in [6.45, 7) is 0.661. The molecular weight excluding hydrogens is 302 g/mol. The van der Waals surface area contributed by atoms with Crippen molar-refractivity contribution in [1.82, 2.24) is 4.90 Å². The van der Waals surface area contributed by atoms with Crippen molar-refractivity contribution in [1.29, 1.82) is 0 Å². The molecule has 2 N–H and O–H groups in total. The van der Waals surface area contributed by atoms with Crippen LogP contribution in [0.3, 0.4) is 0 Å². The van der Waals surface area contributed by atoms with E-state index in [-0.39, 0.29) is 24.6 Å². The fourth-order valence-corrected chi connectivity index (χ4v) is 2.72. The number of anilines is 1. The molecule has 1 aliphatic heterocycles. The first-order valence-corrected chi connectivity index (χ1v) is 7.50. The van der Waals surface area contributed by atoms with E-state index in [9.17, 15) is 24.8 Å². The van der Waals surface area contributed by atoms with Gasteiger partial charge in [0.05, 0.1) is 4.92 Å². The first kappa shape index (κ1) is 16.7. The van der Waals surface area contributed by atoms with Crippen LogP contribution >= 0.6 is 0 Å². The SMILES string of the molecule is O=C(O)[C@H]1CCCCN1C(=O)CCNc1ccccc1[N+](=O)[O-]. The van der Waals surface area contributed by atoms with Crippen LogP contribution in [0.2, 0.25) is 0 Å². The van der Waals surface area contributed by atoms with Gasteiger partial charge in [0.25, 0.3) is 5.69 Å². The largest absolute Gasteiger partial charge is 0.480 e. The van der Waals surface area contributed by atoms with Crippen molar-refractivity contribution >= 4 is 23.3 Å². The van der Waals surface area contributed by atoms with Gasteiger partial charge < -0.3 is 15.3 Å². The second kappa shape index (κ2) is 7.57. The Labute approximate surface area is 133 Å². The molecule has 2 rings (SSSR count). The molecule has 1 aromatic rings. The molecule has 1 atom stereocenters. The number of carboxylic acid groups (broad SMARTS) is 1. The molecule has 1 saturated heterocycles. The summed E-state index contributed by atoms with van der Waals surface area (Å²) >= 11 is 0. The lowest BCUT2D eigenvalue weighted by molar-refractivity contribution is -0.384. The molecule has 1 amide bonds. The number of carboxylic acids is 1. The maximum atomic E-state index is 12.2. The summed E-state index contributed by atoms with van der Waals surface area (Å²) < 4.78 is 0. The average Bonchev–Trinajstić information content (AvgIpc) is 2.55. The average molecular weight is 321 g/mol. The van der Waals surface area contributed by atoms with Crippen LogP contribution in [0, 0.1) is 10.1 Å². The number of piperidine rings is 1. The van der Waals surface area contributed by atoms with Crippen LogP contribution in [0.15, 0.2) is 24.3 Å². The molecule has 1 aromatic carbocycles. The van der Waals surface area contributed by atoms with Crippen molar-refractivity contribution < 1.29 is 19.6 Å². The standard InChI is InChI=1S/C15H19N3O5/c19-14(17-10-4-3-7-13(17)15(20)21)8-9-16-11-5-1-2-6-12(11)18(22)23/h1-2,5-6,13,16H,3-4,7-10H2,(H,20,21)/t13-/m1/s1. The van der Waals surface area contributed by atoms with Crippen LogP contribution in [0.4, 0.5) is 11.4 Å². The van der Waals surface area contributed by atoms with Gasteiger partial charge in [0.1, 0.15) is 11.7 Å². The predicted octanol–water partition coefficient (Wildman–Crippen LogP) is 1.86. The Bertz CT molecular complexity index is 605. The van der Waals surface area contributed by atoms with Crippen molar-refractivity contribution in [3.8, 4) is 0 Å². The Morgan fingerprint density at radius 2 is 2.09 bits per heavy atom. The number of likely N-dealkylation sites (tertiary alicyclic amines) is 1. The number of nitro groups is 1. The normalized spacial score (nSPS) is 17.6. The number of rotatable bonds is 6. The third kappa shape index (κ3) is 4.18. The van der Waals surface area contributed by atoms with E-state index in [4.69, 9.17) is 0 Å². The Morgan fingerprint density at radius 3 is 2.78 bits per heavy atom. The fourth-order valence-electron chi connectivity index (χ4n) is 2.72. The molecule has 1 fully saturated rings. The van der Waals surface area contributed by atoms with E-state index in [1.54, 1.807) is 18.2 Å². The molecule has 0 aromatic heterocycles. The second-order valence-corrected chi connectivity index (χ2v) is 5.39. The van der Waals surface area contributed by atoms with E-state index in [1.807, 2.05) is 0 Å². The minimum absolute atomic E-state index is 0.0543. The minimum Gasteiger partial charge on any atom is -0.480 e. The van der Waals surface area contributed by atoms with Crippen LogP contribution in [-0.4, -0.2) is 45.9 Å². The molecule has 0 aliphatic carbocycles. The van der Waals surface area contributed by atoms with Gasteiger partial charge in [-0.25, -0.2) is 4.79 Å². The zero-order valence-electron chi connectivity index (χ0n) is 12.6. The zero-order chi connectivity index (χ0) is 16.8. The highest BCUT2D eigenvalue weighted by Gasteiger charge is 2.31. The van der Waals surface area contributed by atoms with Gasteiger partial charge in [-0.3, -0.25) is 14.9 Å². The number of nitrogens with zero attached hydrogens (tertiary/aromatic N) is 2. The van der Waals surface area contributed by atoms with Crippen LogP contribution in [-0.2, 0) is 9.59 Å². The topological polar surface area (TPSA) is 113 Å². The van der Waals surface area contributed by atoms with Gasteiger partial charge >= 0.3 is 5.97 Å². The molecule has 0 saturated carbocycles. The number of nitro benzene ring substituents is 1. The molecule has 0 unspecified atom stereocenters. The minimum atomic E-state index is -0.982. The monoisotopic (exact) mass is 321 g/mol. The van der Waals surface area contributed by atoms with Crippen molar-refractivity contribution in [3.63, 3.8) is 0 Å². The van der Waals surface area contributed by atoms with Gasteiger partial charge in [0.15, 0.2) is 0 Å². The van der Waals surface area contributed by atoms with Gasteiger partial charge in [-0.05, 0) is 25.3 Å². The molecule has 8 nitrogen and oxygen atoms in total. The summed E-state index contributed by atoms with van der Waals surface area (Å²) in [4.78, 5) is 35.2. The summed E-state index contributed by atoms with van der Waals surface area (Å²) in [5, 5.41) is 23.0. The van der Waals surface area contributed by atoms with Crippen LogP contribution in [0.1, 0.15) is 25.7 Å². The number of nitrogens with one attached hydrogen (secondary N) is 1. The summed E-state index contributed by atoms with van der Waals surface area (Å²) in [6, 6.07) is 5.43. The van der Waals surface area contributed by atoms with Gasteiger partial charge in [0.2, 0.25) is 5.91 Å². The molecule has 1 aliphatic rings. The smallest absolute Gasteiger partial charge is 0.326 e. The summed E-state index contributed by atoms with van der Waals surface area (Å²) in [7, 11) is 0. The second-order valence-electron chi connectivity index (χ2n) is 5.39. The molecule has 0 radical (unpaired) electrons. The van der Waals surface area contributed by atoms with Crippen molar-refractivity contribution in [2.24, 2.45) is 0 Å². The van der Waals surface area contributed by atoms with E-state index in [2.05, 4.69) is 5.32 Å². The van der Waals surface area contributed by atoms with E-state index in [0.29, 0.717) is 18.7 Å². The Balaban J connectivity index is 1.92. The number of para-hydroxylation sites is 2. The lowest BCUT2D eigenvalue weighted by Crippen LogP contribution is -2.48. The van der Waals surface area contributed by atoms with Crippen LogP contribution < -0.4 is 5.32 Å². The van der Waals surface area contributed by atoms with Crippen LogP contribution in [0.5, 0.6) is 0 Å². The van der Waals surface area contributed by atoms with Gasteiger partial charge in [-0.2, -0.15) is 0 Å². The first-order valence-electron chi connectivity index (χ1n) is 7.50. The Morgan fingerprint density at radius 1 is 1.35 bits per heavy atom. The number of carbonyl (C=O) groups excluding carboxylic acids is 1. The molecular formula is C15H19N3O5. The first-order chi connectivity index (χ1) is 11.0. The highest BCUT2D eigenvalue weighted by Crippen LogP contribution is 2.23. The van der Waals surface area contributed by atoms with Gasteiger partial charge in [-0.15, -0.1) is 0 Å². The molecule has 0 bridgehead atoms. The third-order valence-corrected chi connectivity index (χ3v) is 3.86. The van der Waals surface area contributed by atoms with E-state index in [1.165, 1.54) is 11.0 Å². The molecule has 8 heteroatoms. The number of carbonyl (C=O) groups is 2. The lowest BCUT2D eigenvalue weighted by Gasteiger charge is -2.33. The van der Waals surface area contributed by atoms with Crippen molar-refractivity contribution in [2.45, 2.75) is 31.7 Å². The summed E-state index contributed by atoms with van der Waals surface area (Å²) in [5.74, 6) is -1.23. The molecule has 23 heavy (non-hydrogen) atoms. The molecule has 0 spiro atoms. The molecule has 124 valence electrons. The highest BCUT2D eigenvalue weighted by atomic mass is 16.6. The highest BCUT2D eigenvalue weighted by molar-refractivity contribution is 5.84. The maximum absolute atomic E-state index is 12.2. The number of benzene rings is 1. The van der Waals surface area contributed by atoms with Gasteiger partial charge in [-0.1, -0.05) is 12.1 Å².